The number of nitrogens with zero attached hydrogens (tertiary/aromatic N) is 2. The molecule has 1 aromatic heterocycles. The lowest BCUT2D eigenvalue weighted by Crippen LogP contribution is -2.23. The fourth-order valence-corrected chi connectivity index (χ4v) is 2.04. The summed E-state index contributed by atoms with van der Waals surface area (Å²) in [5.74, 6) is -1.31. The fraction of sp³-hybridized carbons (Fsp3) is 0.250. The predicted molar refractivity (Wildman–Crippen MR) is 69.0 cm³/mol. The van der Waals surface area contributed by atoms with Gasteiger partial charge < -0.3 is 10.3 Å². The van der Waals surface area contributed by atoms with Gasteiger partial charge in [-0.1, -0.05) is 21.1 Å². The van der Waals surface area contributed by atoms with Crippen molar-refractivity contribution in [2.45, 2.75) is 19.3 Å². The van der Waals surface area contributed by atoms with Crippen LogP contribution in [0.2, 0.25) is 0 Å². The number of nitrogens with two attached hydrogens (primary N) is 1. The second-order valence-electron chi connectivity index (χ2n) is 4.54. The lowest BCUT2D eigenvalue weighted by Gasteiger charge is -2.21. The van der Waals surface area contributed by atoms with Gasteiger partial charge in [0.25, 0.3) is 0 Å². The normalized spacial score (nSPS) is 11.6. The minimum absolute atomic E-state index is 0.193. The molecule has 0 radical (unpaired) electrons. The number of halogens is 2. The van der Waals surface area contributed by atoms with Crippen molar-refractivity contribution in [3.63, 3.8) is 0 Å². The highest BCUT2D eigenvalue weighted by atomic mass is 79.9. The Labute approximate surface area is 117 Å². The van der Waals surface area contributed by atoms with Crippen molar-refractivity contribution in [3.8, 4) is 0 Å². The molecule has 0 fully saturated rings. The van der Waals surface area contributed by atoms with Crippen LogP contribution in [0.1, 0.15) is 35.9 Å². The number of hydrogen-bond acceptors (Lipinski definition) is 4. The first-order valence-corrected chi connectivity index (χ1v) is 6.21. The number of primary amides is 1. The van der Waals surface area contributed by atoms with Crippen molar-refractivity contribution in [3.05, 3.63) is 45.8 Å². The van der Waals surface area contributed by atoms with E-state index in [-0.39, 0.29) is 11.7 Å². The smallest absolute Gasteiger partial charge is 0.315 e. The zero-order chi connectivity index (χ0) is 14.2. The van der Waals surface area contributed by atoms with E-state index < -0.39 is 17.1 Å². The molecular formula is C12H11BrFN3O2. The van der Waals surface area contributed by atoms with Gasteiger partial charge in [0.15, 0.2) is 5.82 Å². The number of benzene rings is 1. The number of carbonyl (C=O) groups is 1. The molecule has 1 amide bonds. The summed E-state index contributed by atoms with van der Waals surface area (Å²) in [6, 6.07) is 4.58. The van der Waals surface area contributed by atoms with Crippen molar-refractivity contribution >= 4 is 21.8 Å². The Hall–Kier alpha value is -1.76. The second-order valence-corrected chi connectivity index (χ2v) is 5.45. The van der Waals surface area contributed by atoms with E-state index >= 15 is 0 Å². The highest BCUT2D eigenvalue weighted by Gasteiger charge is 2.32. The Balaban J connectivity index is 2.51. The van der Waals surface area contributed by atoms with Crippen LogP contribution in [0.15, 0.2) is 27.2 Å². The molecule has 0 spiro atoms. The van der Waals surface area contributed by atoms with Gasteiger partial charge in [0.05, 0.1) is 5.41 Å². The molecule has 0 bridgehead atoms. The van der Waals surface area contributed by atoms with E-state index in [0.29, 0.717) is 5.56 Å². The summed E-state index contributed by atoms with van der Waals surface area (Å²) in [6.45, 7) is 3.46. The van der Waals surface area contributed by atoms with E-state index in [1.165, 1.54) is 6.07 Å². The Morgan fingerprint density at radius 3 is 2.74 bits per heavy atom. The van der Waals surface area contributed by atoms with Gasteiger partial charge >= 0.3 is 11.8 Å². The standard InChI is InChI=1S/C12H11BrFN3O2/c1-12(2,7-5-6(13)3-4-8(7)14)11-16-10(9(15)18)19-17-11/h3-5H,1-2H3,(H2,15,18). The summed E-state index contributed by atoms with van der Waals surface area (Å²) < 4.78 is 19.4. The van der Waals surface area contributed by atoms with Crippen molar-refractivity contribution in [1.29, 1.82) is 0 Å². The van der Waals surface area contributed by atoms with Gasteiger partial charge in [-0.25, -0.2) is 4.39 Å². The van der Waals surface area contributed by atoms with Gasteiger partial charge in [0.1, 0.15) is 5.82 Å². The first-order valence-electron chi connectivity index (χ1n) is 5.42. The van der Waals surface area contributed by atoms with Crippen LogP contribution in [0.3, 0.4) is 0 Å². The maximum Gasteiger partial charge on any atom is 0.315 e. The maximum atomic E-state index is 13.9. The van der Waals surface area contributed by atoms with Crippen LogP contribution in [0.5, 0.6) is 0 Å². The summed E-state index contributed by atoms with van der Waals surface area (Å²) in [6.07, 6.45) is 0. The Morgan fingerprint density at radius 2 is 2.16 bits per heavy atom. The van der Waals surface area contributed by atoms with Gasteiger partial charge in [-0.3, -0.25) is 4.79 Å². The van der Waals surface area contributed by atoms with Crippen LogP contribution in [-0.4, -0.2) is 16.0 Å². The number of rotatable bonds is 3. The highest BCUT2D eigenvalue weighted by molar-refractivity contribution is 9.10. The molecule has 0 saturated heterocycles. The van der Waals surface area contributed by atoms with E-state index in [4.69, 9.17) is 10.3 Å². The van der Waals surface area contributed by atoms with Crippen LogP contribution >= 0.6 is 15.9 Å². The summed E-state index contributed by atoms with van der Waals surface area (Å²) >= 11 is 3.28. The van der Waals surface area contributed by atoms with Crippen molar-refractivity contribution in [1.82, 2.24) is 10.1 Å². The molecule has 0 saturated carbocycles. The van der Waals surface area contributed by atoms with Crippen LogP contribution in [0.25, 0.3) is 0 Å². The van der Waals surface area contributed by atoms with Crippen LogP contribution in [-0.2, 0) is 5.41 Å². The minimum atomic E-state index is -0.856. The third kappa shape index (κ3) is 2.51. The maximum absolute atomic E-state index is 13.9. The first kappa shape index (κ1) is 13.7. The molecule has 1 heterocycles. The van der Waals surface area contributed by atoms with E-state index in [2.05, 4.69) is 26.1 Å². The van der Waals surface area contributed by atoms with Gasteiger partial charge in [0, 0.05) is 10.0 Å². The molecule has 0 aliphatic heterocycles. The number of hydrogen-bond donors (Lipinski definition) is 1. The largest absolute Gasteiger partial charge is 0.361 e. The summed E-state index contributed by atoms with van der Waals surface area (Å²) in [7, 11) is 0. The molecule has 100 valence electrons. The van der Waals surface area contributed by atoms with Gasteiger partial charge in [-0.05, 0) is 32.0 Å². The fourth-order valence-electron chi connectivity index (χ4n) is 1.67. The van der Waals surface area contributed by atoms with Crippen molar-refractivity contribution in [2.75, 3.05) is 0 Å². The Bertz CT molecular complexity index is 640. The molecule has 0 atom stereocenters. The minimum Gasteiger partial charge on any atom is -0.361 e. The summed E-state index contributed by atoms with van der Waals surface area (Å²) in [5.41, 5.74) is 4.58. The molecule has 2 rings (SSSR count). The van der Waals surface area contributed by atoms with E-state index in [0.717, 1.165) is 4.47 Å². The second kappa shape index (κ2) is 4.73. The summed E-state index contributed by atoms with van der Waals surface area (Å²) in [5, 5.41) is 3.69. The molecule has 19 heavy (non-hydrogen) atoms. The average Bonchev–Trinajstić information content (AvgIpc) is 2.82. The number of carbonyl (C=O) groups excluding carboxylic acids is 1. The zero-order valence-corrected chi connectivity index (χ0v) is 11.9. The molecule has 0 aliphatic rings. The molecule has 0 unspecified atom stereocenters. The van der Waals surface area contributed by atoms with Crippen molar-refractivity contribution < 1.29 is 13.7 Å². The lowest BCUT2D eigenvalue weighted by atomic mass is 9.83. The molecule has 2 aromatic rings. The molecule has 2 N–H and O–H groups in total. The van der Waals surface area contributed by atoms with E-state index in [1.54, 1.807) is 26.0 Å². The number of aromatic nitrogens is 2. The Morgan fingerprint density at radius 1 is 1.47 bits per heavy atom. The van der Waals surface area contributed by atoms with E-state index in [9.17, 15) is 9.18 Å². The van der Waals surface area contributed by atoms with Gasteiger partial charge in [-0.15, -0.1) is 0 Å². The van der Waals surface area contributed by atoms with E-state index in [1.807, 2.05) is 0 Å². The third-order valence-corrected chi connectivity index (χ3v) is 3.29. The highest BCUT2D eigenvalue weighted by Crippen LogP contribution is 2.32. The van der Waals surface area contributed by atoms with Gasteiger partial charge in [0.2, 0.25) is 0 Å². The molecular weight excluding hydrogens is 317 g/mol. The SMILES string of the molecule is CC(C)(c1noc(C(N)=O)n1)c1cc(Br)ccc1F. The van der Waals surface area contributed by atoms with Gasteiger partial charge in [-0.2, -0.15) is 4.98 Å². The first-order chi connectivity index (χ1) is 8.82. The predicted octanol–water partition coefficient (Wildman–Crippen LogP) is 2.40. The Kier molecular flexibility index (Phi) is 3.40. The van der Waals surface area contributed by atoms with Crippen LogP contribution in [0, 0.1) is 5.82 Å². The topological polar surface area (TPSA) is 82.0 Å². The molecule has 1 aromatic carbocycles. The molecule has 0 aliphatic carbocycles. The van der Waals surface area contributed by atoms with Crippen LogP contribution in [0.4, 0.5) is 4.39 Å². The third-order valence-electron chi connectivity index (χ3n) is 2.80. The lowest BCUT2D eigenvalue weighted by molar-refractivity contribution is 0.0958. The zero-order valence-electron chi connectivity index (χ0n) is 10.3. The van der Waals surface area contributed by atoms with Crippen LogP contribution < -0.4 is 5.73 Å². The summed E-state index contributed by atoms with van der Waals surface area (Å²) in [4.78, 5) is 14.8. The molecule has 5 nitrogen and oxygen atoms in total. The van der Waals surface area contributed by atoms with Crippen molar-refractivity contribution in [2.24, 2.45) is 5.73 Å². The monoisotopic (exact) mass is 327 g/mol. The molecule has 7 heteroatoms. The quantitative estimate of drug-likeness (QED) is 0.938. The average molecular weight is 328 g/mol. The number of amides is 1.